The first-order valence-corrected chi connectivity index (χ1v) is 5.06. The van der Waals surface area contributed by atoms with E-state index < -0.39 is 0 Å². The summed E-state index contributed by atoms with van der Waals surface area (Å²) in [7, 11) is 0. The summed E-state index contributed by atoms with van der Waals surface area (Å²) in [5.41, 5.74) is 8.04. The quantitative estimate of drug-likeness (QED) is 0.783. The van der Waals surface area contributed by atoms with Crippen molar-refractivity contribution < 1.29 is 0 Å². The van der Waals surface area contributed by atoms with E-state index in [2.05, 4.69) is 4.98 Å². The van der Waals surface area contributed by atoms with Crippen molar-refractivity contribution >= 4 is 22.5 Å². The van der Waals surface area contributed by atoms with E-state index in [1.54, 1.807) is 0 Å². The van der Waals surface area contributed by atoms with Crippen LogP contribution in [0.25, 0.3) is 10.9 Å². The van der Waals surface area contributed by atoms with Crippen molar-refractivity contribution in [1.29, 1.82) is 0 Å². The third-order valence-electron chi connectivity index (χ3n) is 2.31. The Bertz CT molecular complexity index is 445. The predicted octanol–water partition coefficient (Wildman–Crippen LogP) is 2.71. The topological polar surface area (TPSA) is 41.8 Å². The van der Waals surface area contributed by atoms with E-state index in [1.807, 2.05) is 31.3 Å². The molecule has 2 nitrogen and oxygen atoms in total. The Labute approximate surface area is 88.1 Å². The van der Waals surface area contributed by atoms with E-state index >= 15 is 0 Å². The molecule has 0 spiro atoms. The molecule has 14 heavy (non-hydrogen) atoms. The summed E-state index contributed by atoms with van der Waals surface area (Å²) >= 11 is 6.13. The van der Waals surface area contributed by atoms with Gasteiger partial charge in [0.2, 0.25) is 0 Å². The van der Waals surface area contributed by atoms with E-state index in [4.69, 9.17) is 17.3 Å². The molecule has 0 aliphatic carbocycles. The van der Waals surface area contributed by atoms with Crippen LogP contribution >= 0.6 is 11.6 Å². The number of H-pyrrole nitrogens is 1. The Balaban J connectivity index is 2.58. The number of aromatic nitrogens is 1. The molecule has 0 aliphatic heterocycles. The zero-order valence-electron chi connectivity index (χ0n) is 8.05. The summed E-state index contributed by atoms with van der Waals surface area (Å²) < 4.78 is 0. The Morgan fingerprint density at radius 3 is 2.93 bits per heavy atom. The maximum Gasteiger partial charge on any atom is 0.0457 e. The first-order valence-electron chi connectivity index (χ1n) is 4.68. The van der Waals surface area contributed by atoms with E-state index in [-0.39, 0.29) is 6.04 Å². The minimum Gasteiger partial charge on any atom is -0.361 e. The van der Waals surface area contributed by atoms with Gasteiger partial charge in [-0.25, -0.2) is 0 Å². The van der Waals surface area contributed by atoms with Crippen molar-refractivity contribution in [2.24, 2.45) is 5.73 Å². The number of nitrogens with two attached hydrogens (primary N) is 1. The molecule has 0 bridgehead atoms. The minimum atomic E-state index is 0.132. The molecule has 0 unspecified atom stereocenters. The molecule has 0 aliphatic rings. The van der Waals surface area contributed by atoms with Crippen molar-refractivity contribution in [1.82, 2.24) is 4.98 Å². The number of nitrogens with one attached hydrogen (secondary N) is 1. The molecule has 74 valence electrons. The Kier molecular flexibility index (Phi) is 2.48. The molecule has 0 fully saturated rings. The molecule has 1 heterocycles. The highest BCUT2D eigenvalue weighted by Gasteiger charge is 2.08. The Hall–Kier alpha value is -0.990. The standard InChI is InChI=1S/C11H13ClN2/c1-7(13)6-9-8-4-5-14-11(8)3-2-10(9)12/h2-5,7,14H,6,13H2,1H3/t7-/m0/s1. The van der Waals surface area contributed by atoms with Crippen LogP contribution in [0.5, 0.6) is 0 Å². The molecule has 3 N–H and O–H groups in total. The number of hydrogen-bond acceptors (Lipinski definition) is 1. The number of aromatic amines is 1. The fraction of sp³-hybridized carbons (Fsp3) is 0.273. The monoisotopic (exact) mass is 208 g/mol. The maximum atomic E-state index is 6.13. The highest BCUT2D eigenvalue weighted by molar-refractivity contribution is 6.32. The molecular formula is C11H13ClN2. The summed E-state index contributed by atoms with van der Waals surface area (Å²) in [6.45, 7) is 1.99. The summed E-state index contributed by atoms with van der Waals surface area (Å²) in [4.78, 5) is 3.16. The van der Waals surface area contributed by atoms with Gasteiger partial charge >= 0.3 is 0 Å². The highest BCUT2D eigenvalue weighted by atomic mass is 35.5. The van der Waals surface area contributed by atoms with Crippen molar-refractivity contribution in [3.8, 4) is 0 Å². The van der Waals surface area contributed by atoms with Crippen molar-refractivity contribution in [2.75, 3.05) is 0 Å². The smallest absolute Gasteiger partial charge is 0.0457 e. The molecule has 0 saturated carbocycles. The summed E-state index contributed by atoms with van der Waals surface area (Å²) in [5, 5.41) is 1.98. The van der Waals surface area contributed by atoms with Crippen molar-refractivity contribution in [3.05, 3.63) is 35.0 Å². The molecule has 1 aromatic heterocycles. The van der Waals surface area contributed by atoms with Crippen LogP contribution in [0.3, 0.4) is 0 Å². The lowest BCUT2D eigenvalue weighted by Crippen LogP contribution is -2.18. The summed E-state index contributed by atoms with van der Waals surface area (Å²) in [6.07, 6.45) is 2.74. The maximum absolute atomic E-state index is 6.13. The number of halogens is 1. The van der Waals surface area contributed by atoms with Gasteiger partial charge in [-0.2, -0.15) is 0 Å². The second kappa shape index (κ2) is 3.64. The highest BCUT2D eigenvalue weighted by Crippen LogP contribution is 2.26. The molecular weight excluding hydrogens is 196 g/mol. The molecule has 0 amide bonds. The van der Waals surface area contributed by atoms with Crippen LogP contribution in [0.15, 0.2) is 24.4 Å². The van der Waals surface area contributed by atoms with Gasteiger partial charge in [-0.15, -0.1) is 0 Å². The van der Waals surface area contributed by atoms with Crippen LogP contribution in [0.1, 0.15) is 12.5 Å². The van der Waals surface area contributed by atoms with Gasteiger partial charge < -0.3 is 10.7 Å². The van der Waals surface area contributed by atoms with Crippen molar-refractivity contribution in [3.63, 3.8) is 0 Å². The number of benzene rings is 1. The van der Waals surface area contributed by atoms with Crippen LogP contribution in [0, 0.1) is 0 Å². The first kappa shape index (κ1) is 9.56. The molecule has 0 radical (unpaired) electrons. The first-order chi connectivity index (χ1) is 6.68. The Morgan fingerprint density at radius 2 is 2.21 bits per heavy atom. The molecule has 2 aromatic rings. The average Bonchev–Trinajstić information content (AvgIpc) is 2.57. The van der Waals surface area contributed by atoms with Gasteiger partial charge in [0.05, 0.1) is 0 Å². The zero-order valence-corrected chi connectivity index (χ0v) is 8.81. The molecule has 3 heteroatoms. The van der Waals surface area contributed by atoms with Gasteiger partial charge in [-0.05, 0) is 37.1 Å². The van der Waals surface area contributed by atoms with E-state index in [0.717, 1.165) is 22.5 Å². The summed E-state index contributed by atoms with van der Waals surface area (Å²) in [6, 6.07) is 6.08. The minimum absolute atomic E-state index is 0.132. The lowest BCUT2D eigenvalue weighted by Gasteiger charge is -2.08. The van der Waals surface area contributed by atoms with Crippen LogP contribution < -0.4 is 5.73 Å². The van der Waals surface area contributed by atoms with E-state index in [9.17, 15) is 0 Å². The average molecular weight is 209 g/mol. The molecule has 0 saturated heterocycles. The van der Waals surface area contributed by atoms with Gasteiger partial charge in [0.15, 0.2) is 0 Å². The Morgan fingerprint density at radius 1 is 1.43 bits per heavy atom. The molecule has 1 atom stereocenters. The molecule has 2 rings (SSSR count). The van der Waals surface area contributed by atoms with Crippen LogP contribution in [0.4, 0.5) is 0 Å². The molecule has 1 aromatic carbocycles. The van der Waals surface area contributed by atoms with Crippen LogP contribution in [0.2, 0.25) is 5.02 Å². The van der Waals surface area contributed by atoms with Gasteiger partial charge in [0, 0.05) is 28.2 Å². The second-order valence-electron chi connectivity index (χ2n) is 3.65. The van der Waals surface area contributed by atoms with Crippen LogP contribution in [-0.2, 0) is 6.42 Å². The normalized spacial score (nSPS) is 13.4. The van der Waals surface area contributed by atoms with E-state index in [1.165, 1.54) is 5.39 Å². The largest absolute Gasteiger partial charge is 0.361 e. The van der Waals surface area contributed by atoms with Gasteiger partial charge in [-0.3, -0.25) is 0 Å². The van der Waals surface area contributed by atoms with E-state index in [0.29, 0.717) is 0 Å². The second-order valence-corrected chi connectivity index (χ2v) is 4.05. The summed E-state index contributed by atoms with van der Waals surface area (Å²) in [5.74, 6) is 0. The number of fused-ring (bicyclic) bond motifs is 1. The van der Waals surface area contributed by atoms with Crippen LogP contribution in [-0.4, -0.2) is 11.0 Å². The SMILES string of the molecule is C[C@H](N)Cc1c(Cl)ccc2[nH]ccc12. The van der Waals surface area contributed by atoms with Gasteiger partial charge in [-0.1, -0.05) is 11.6 Å². The van der Waals surface area contributed by atoms with Gasteiger partial charge in [0.25, 0.3) is 0 Å². The zero-order chi connectivity index (χ0) is 10.1. The number of hydrogen-bond donors (Lipinski definition) is 2. The third kappa shape index (κ3) is 1.63. The lowest BCUT2D eigenvalue weighted by atomic mass is 10.0. The fourth-order valence-electron chi connectivity index (χ4n) is 1.70. The van der Waals surface area contributed by atoms with Gasteiger partial charge in [0.1, 0.15) is 0 Å². The van der Waals surface area contributed by atoms with Crippen molar-refractivity contribution in [2.45, 2.75) is 19.4 Å². The predicted molar refractivity (Wildman–Crippen MR) is 60.7 cm³/mol. The third-order valence-corrected chi connectivity index (χ3v) is 2.67. The lowest BCUT2D eigenvalue weighted by molar-refractivity contribution is 0.742. The fourth-order valence-corrected chi connectivity index (χ4v) is 1.94. The number of rotatable bonds is 2.